The van der Waals surface area contributed by atoms with Gasteiger partial charge >= 0.3 is 0 Å². The first-order chi connectivity index (χ1) is 5.18. The van der Waals surface area contributed by atoms with Crippen LogP contribution < -0.4 is 5.32 Å². The van der Waals surface area contributed by atoms with E-state index in [-0.39, 0.29) is 0 Å². The van der Waals surface area contributed by atoms with Crippen LogP contribution in [0.2, 0.25) is 0 Å². The molecule has 1 aliphatic rings. The van der Waals surface area contributed by atoms with Crippen LogP contribution >= 0.6 is 27.3 Å². The minimum atomic E-state index is 0.305. The Morgan fingerprint density at radius 3 is 2.73 bits per heavy atom. The highest BCUT2D eigenvalue weighted by Crippen LogP contribution is 2.38. The molecule has 1 aromatic rings. The molecule has 0 bridgehead atoms. The SMILES string of the molecule is CC1(Nc2nnc(Br)s2)CC1. The van der Waals surface area contributed by atoms with Crippen LogP contribution in [-0.4, -0.2) is 15.7 Å². The smallest absolute Gasteiger partial charge is 0.206 e. The second-order valence-corrected chi connectivity index (χ2v) is 5.30. The summed E-state index contributed by atoms with van der Waals surface area (Å²) in [5, 5.41) is 12.0. The summed E-state index contributed by atoms with van der Waals surface area (Å²) in [6, 6.07) is 0. The summed E-state index contributed by atoms with van der Waals surface area (Å²) >= 11 is 4.80. The fraction of sp³-hybridized carbons (Fsp3) is 0.667. The Morgan fingerprint density at radius 2 is 2.27 bits per heavy atom. The molecule has 3 nitrogen and oxygen atoms in total. The standard InChI is InChI=1S/C6H8BrN3S/c1-6(2-3-6)8-5-10-9-4(7)11-5/h2-3H2,1H3,(H,8,10). The van der Waals surface area contributed by atoms with E-state index < -0.39 is 0 Å². The van der Waals surface area contributed by atoms with Gasteiger partial charge in [-0.05, 0) is 35.7 Å². The first-order valence-electron chi connectivity index (χ1n) is 3.45. The van der Waals surface area contributed by atoms with Gasteiger partial charge < -0.3 is 5.32 Å². The molecule has 1 aliphatic carbocycles. The number of anilines is 1. The lowest BCUT2D eigenvalue weighted by atomic mass is 10.3. The van der Waals surface area contributed by atoms with Gasteiger partial charge in [-0.3, -0.25) is 0 Å². The van der Waals surface area contributed by atoms with Crippen molar-refractivity contribution in [3.63, 3.8) is 0 Å². The second kappa shape index (κ2) is 2.42. The van der Waals surface area contributed by atoms with Crippen LogP contribution in [0.4, 0.5) is 5.13 Å². The van der Waals surface area contributed by atoms with Gasteiger partial charge in [0.05, 0.1) is 0 Å². The Bertz CT molecular complexity index is 269. The van der Waals surface area contributed by atoms with E-state index in [0.29, 0.717) is 5.54 Å². The molecule has 2 rings (SSSR count). The lowest BCUT2D eigenvalue weighted by molar-refractivity contribution is 0.821. The van der Waals surface area contributed by atoms with E-state index in [4.69, 9.17) is 0 Å². The number of hydrogen-bond donors (Lipinski definition) is 1. The van der Waals surface area contributed by atoms with E-state index in [0.717, 1.165) is 9.05 Å². The number of nitrogens with zero attached hydrogens (tertiary/aromatic N) is 2. The maximum atomic E-state index is 3.95. The maximum Gasteiger partial charge on any atom is 0.206 e. The summed E-state index contributed by atoms with van der Waals surface area (Å²) in [7, 11) is 0. The maximum absolute atomic E-state index is 3.95. The zero-order valence-corrected chi connectivity index (χ0v) is 8.50. The highest BCUT2D eigenvalue weighted by atomic mass is 79.9. The van der Waals surface area contributed by atoms with Crippen molar-refractivity contribution in [2.45, 2.75) is 25.3 Å². The molecule has 1 aromatic heterocycles. The van der Waals surface area contributed by atoms with Crippen molar-refractivity contribution < 1.29 is 0 Å². The Balaban J connectivity index is 2.06. The van der Waals surface area contributed by atoms with Gasteiger partial charge in [0.1, 0.15) is 0 Å². The Kier molecular flexibility index (Phi) is 1.64. The molecule has 1 fully saturated rings. The Hall–Kier alpha value is -0.160. The quantitative estimate of drug-likeness (QED) is 0.852. The lowest BCUT2D eigenvalue weighted by Gasteiger charge is -2.07. The van der Waals surface area contributed by atoms with Crippen LogP contribution in [0.1, 0.15) is 19.8 Å². The van der Waals surface area contributed by atoms with Crippen LogP contribution in [-0.2, 0) is 0 Å². The van der Waals surface area contributed by atoms with Crippen LogP contribution in [0.3, 0.4) is 0 Å². The average molecular weight is 234 g/mol. The van der Waals surface area contributed by atoms with Gasteiger partial charge in [0, 0.05) is 5.54 Å². The first kappa shape index (κ1) is 7.49. The molecule has 0 radical (unpaired) electrons. The zero-order valence-electron chi connectivity index (χ0n) is 6.09. The van der Waals surface area contributed by atoms with Gasteiger partial charge in [-0.1, -0.05) is 11.3 Å². The first-order valence-corrected chi connectivity index (χ1v) is 5.06. The van der Waals surface area contributed by atoms with E-state index in [2.05, 4.69) is 38.4 Å². The molecule has 0 aromatic carbocycles. The molecule has 1 N–H and O–H groups in total. The molecule has 1 heterocycles. The van der Waals surface area contributed by atoms with Gasteiger partial charge in [0.15, 0.2) is 3.92 Å². The molecule has 0 amide bonds. The van der Waals surface area contributed by atoms with Crippen LogP contribution in [0.15, 0.2) is 3.92 Å². The molecule has 5 heteroatoms. The van der Waals surface area contributed by atoms with Crippen molar-refractivity contribution in [2.24, 2.45) is 0 Å². The van der Waals surface area contributed by atoms with Crippen LogP contribution in [0.25, 0.3) is 0 Å². The summed E-state index contributed by atoms with van der Waals surface area (Å²) in [6.07, 6.45) is 2.48. The van der Waals surface area contributed by atoms with Crippen molar-refractivity contribution in [1.29, 1.82) is 0 Å². The summed E-state index contributed by atoms with van der Waals surface area (Å²) in [4.78, 5) is 0. The molecule has 0 saturated heterocycles. The molecule has 0 atom stereocenters. The van der Waals surface area contributed by atoms with Gasteiger partial charge in [-0.25, -0.2) is 0 Å². The largest absolute Gasteiger partial charge is 0.355 e. The molecular weight excluding hydrogens is 226 g/mol. The zero-order chi connectivity index (χ0) is 7.90. The second-order valence-electron chi connectivity index (χ2n) is 3.05. The normalized spacial score (nSPS) is 19.8. The predicted octanol–water partition coefficient (Wildman–Crippen LogP) is 2.27. The fourth-order valence-corrected chi connectivity index (χ4v) is 1.99. The minimum absolute atomic E-state index is 0.305. The molecule has 60 valence electrons. The number of rotatable bonds is 2. The van der Waals surface area contributed by atoms with E-state index in [1.54, 1.807) is 0 Å². The predicted molar refractivity (Wildman–Crippen MR) is 48.9 cm³/mol. The van der Waals surface area contributed by atoms with E-state index in [1.165, 1.54) is 24.2 Å². The molecule has 1 saturated carbocycles. The van der Waals surface area contributed by atoms with Crippen molar-refractivity contribution >= 4 is 32.4 Å². The fourth-order valence-electron chi connectivity index (χ4n) is 0.826. The summed E-state index contributed by atoms with van der Waals surface area (Å²) < 4.78 is 0.837. The molecular formula is C6H8BrN3S. The molecule has 0 aliphatic heterocycles. The molecule has 0 unspecified atom stereocenters. The third kappa shape index (κ3) is 1.70. The highest BCUT2D eigenvalue weighted by Gasteiger charge is 2.37. The van der Waals surface area contributed by atoms with Crippen molar-refractivity contribution in [3.8, 4) is 0 Å². The average Bonchev–Trinajstić information content (AvgIpc) is 2.49. The molecule has 0 spiro atoms. The number of aromatic nitrogens is 2. The van der Waals surface area contributed by atoms with Gasteiger partial charge in [-0.2, -0.15) is 0 Å². The van der Waals surface area contributed by atoms with Crippen molar-refractivity contribution in [3.05, 3.63) is 3.92 Å². The van der Waals surface area contributed by atoms with E-state index in [1.807, 2.05) is 0 Å². The Morgan fingerprint density at radius 1 is 1.55 bits per heavy atom. The van der Waals surface area contributed by atoms with Crippen molar-refractivity contribution in [1.82, 2.24) is 10.2 Å². The van der Waals surface area contributed by atoms with Gasteiger partial charge in [0.25, 0.3) is 0 Å². The van der Waals surface area contributed by atoms with E-state index in [9.17, 15) is 0 Å². The van der Waals surface area contributed by atoms with Gasteiger partial charge in [0.2, 0.25) is 5.13 Å². The molecule has 11 heavy (non-hydrogen) atoms. The minimum Gasteiger partial charge on any atom is -0.355 e. The van der Waals surface area contributed by atoms with Crippen LogP contribution in [0.5, 0.6) is 0 Å². The summed E-state index contributed by atoms with van der Waals surface area (Å²) in [5.74, 6) is 0. The monoisotopic (exact) mass is 233 g/mol. The number of hydrogen-bond acceptors (Lipinski definition) is 4. The third-order valence-corrected chi connectivity index (χ3v) is 3.08. The Labute approximate surface area is 77.4 Å². The van der Waals surface area contributed by atoms with Crippen LogP contribution in [0, 0.1) is 0 Å². The number of halogens is 1. The summed E-state index contributed by atoms with van der Waals surface area (Å²) in [6.45, 7) is 2.20. The summed E-state index contributed by atoms with van der Waals surface area (Å²) in [5.41, 5.74) is 0.305. The topological polar surface area (TPSA) is 37.8 Å². The van der Waals surface area contributed by atoms with Gasteiger partial charge in [-0.15, -0.1) is 10.2 Å². The number of nitrogens with one attached hydrogen (secondary N) is 1. The third-order valence-electron chi connectivity index (χ3n) is 1.81. The van der Waals surface area contributed by atoms with Crippen molar-refractivity contribution in [2.75, 3.05) is 5.32 Å². The lowest BCUT2D eigenvalue weighted by Crippen LogP contribution is -2.15. The van der Waals surface area contributed by atoms with E-state index >= 15 is 0 Å². The highest BCUT2D eigenvalue weighted by molar-refractivity contribution is 9.11.